The van der Waals surface area contributed by atoms with Crippen LogP contribution in [-0.2, 0) is 6.18 Å². The van der Waals surface area contributed by atoms with E-state index in [-0.39, 0.29) is 11.4 Å². The Morgan fingerprint density at radius 2 is 1.26 bits per heavy atom. The Labute approximate surface area is 136 Å². The van der Waals surface area contributed by atoms with Gasteiger partial charge in [-0.1, -0.05) is 54.1 Å². The van der Waals surface area contributed by atoms with Crippen LogP contribution in [0.25, 0.3) is 22.5 Å². The second-order valence-electron chi connectivity index (χ2n) is 5.00. The van der Waals surface area contributed by atoms with Crippen LogP contribution in [-0.4, -0.2) is 4.98 Å². The summed E-state index contributed by atoms with van der Waals surface area (Å²) in [7, 11) is 0. The molecule has 0 bridgehead atoms. The Bertz CT molecular complexity index is 812. The standard InChI is InChI=1S/C18H11ClF3N/c19-15-8-6-13(7-9-15)17-11-14(18(20,21)22)10-16(23-17)12-4-2-1-3-5-12/h1-11H. The summed E-state index contributed by atoms with van der Waals surface area (Å²) in [5.74, 6) is 0. The van der Waals surface area contributed by atoms with Crippen molar-refractivity contribution in [2.24, 2.45) is 0 Å². The maximum atomic E-state index is 13.2. The Kier molecular flexibility index (Phi) is 4.09. The van der Waals surface area contributed by atoms with Gasteiger partial charge < -0.3 is 0 Å². The zero-order chi connectivity index (χ0) is 16.4. The Balaban J connectivity index is 2.18. The Morgan fingerprint density at radius 1 is 0.739 bits per heavy atom. The fourth-order valence-electron chi connectivity index (χ4n) is 2.22. The number of pyridine rings is 1. The normalized spacial score (nSPS) is 11.5. The number of halogens is 4. The molecule has 5 heteroatoms. The van der Waals surface area contributed by atoms with E-state index in [1.165, 1.54) is 0 Å². The Hall–Kier alpha value is -2.33. The quantitative estimate of drug-likeness (QED) is 0.553. The highest BCUT2D eigenvalue weighted by Gasteiger charge is 2.31. The zero-order valence-electron chi connectivity index (χ0n) is 11.8. The molecule has 23 heavy (non-hydrogen) atoms. The largest absolute Gasteiger partial charge is 0.416 e. The average molecular weight is 334 g/mol. The molecule has 0 atom stereocenters. The van der Waals surface area contributed by atoms with Crippen LogP contribution >= 0.6 is 11.6 Å². The maximum absolute atomic E-state index is 13.2. The molecule has 2 aromatic carbocycles. The summed E-state index contributed by atoms with van der Waals surface area (Å²) in [6, 6.07) is 17.5. The predicted octanol–water partition coefficient (Wildman–Crippen LogP) is 6.09. The number of hydrogen-bond donors (Lipinski definition) is 0. The van der Waals surface area contributed by atoms with Gasteiger partial charge in [0.2, 0.25) is 0 Å². The van der Waals surface area contributed by atoms with E-state index in [4.69, 9.17) is 11.6 Å². The summed E-state index contributed by atoms with van der Waals surface area (Å²) in [5.41, 5.74) is 1.03. The van der Waals surface area contributed by atoms with Crippen molar-refractivity contribution in [2.45, 2.75) is 6.18 Å². The molecule has 0 saturated carbocycles. The van der Waals surface area contributed by atoms with Crippen molar-refractivity contribution in [3.8, 4) is 22.5 Å². The fraction of sp³-hybridized carbons (Fsp3) is 0.0556. The van der Waals surface area contributed by atoms with Gasteiger partial charge >= 0.3 is 6.18 Å². The summed E-state index contributed by atoms with van der Waals surface area (Å²) in [6.07, 6.45) is -4.44. The van der Waals surface area contributed by atoms with Gasteiger partial charge in [-0.05, 0) is 24.3 Å². The van der Waals surface area contributed by atoms with Gasteiger partial charge in [0.05, 0.1) is 17.0 Å². The fourth-order valence-corrected chi connectivity index (χ4v) is 2.35. The van der Waals surface area contributed by atoms with Gasteiger partial charge in [0.1, 0.15) is 0 Å². The summed E-state index contributed by atoms with van der Waals surface area (Å²) >= 11 is 5.83. The number of nitrogens with zero attached hydrogens (tertiary/aromatic N) is 1. The highest BCUT2D eigenvalue weighted by atomic mass is 35.5. The van der Waals surface area contributed by atoms with Crippen LogP contribution in [0.15, 0.2) is 66.7 Å². The lowest BCUT2D eigenvalue weighted by Crippen LogP contribution is -2.06. The SMILES string of the molecule is FC(F)(F)c1cc(-c2ccccc2)nc(-c2ccc(Cl)cc2)c1. The van der Waals surface area contributed by atoms with Crippen molar-refractivity contribution < 1.29 is 13.2 Å². The van der Waals surface area contributed by atoms with Gasteiger partial charge in [0, 0.05) is 16.1 Å². The second-order valence-corrected chi connectivity index (χ2v) is 5.43. The van der Waals surface area contributed by atoms with Crippen molar-refractivity contribution >= 4 is 11.6 Å². The minimum Gasteiger partial charge on any atom is -0.248 e. The molecule has 1 aromatic heterocycles. The van der Waals surface area contributed by atoms with Gasteiger partial charge in [-0.3, -0.25) is 0 Å². The molecule has 0 radical (unpaired) electrons. The predicted molar refractivity (Wildman–Crippen MR) is 85.1 cm³/mol. The molecular weight excluding hydrogens is 323 g/mol. The van der Waals surface area contributed by atoms with Gasteiger partial charge in [0.25, 0.3) is 0 Å². The van der Waals surface area contributed by atoms with E-state index in [2.05, 4.69) is 4.98 Å². The van der Waals surface area contributed by atoms with Crippen molar-refractivity contribution in [1.29, 1.82) is 0 Å². The summed E-state index contributed by atoms with van der Waals surface area (Å²) in [5, 5.41) is 0.518. The summed E-state index contributed by atoms with van der Waals surface area (Å²) < 4.78 is 39.6. The second kappa shape index (κ2) is 6.05. The van der Waals surface area contributed by atoms with Crippen LogP contribution in [0.4, 0.5) is 13.2 Å². The first kappa shape index (κ1) is 15.6. The molecule has 0 unspecified atom stereocenters. The van der Waals surface area contributed by atoms with Gasteiger partial charge in [-0.15, -0.1) is 0 Å². The van der Waals surface area contributed by atoms with Crippen molar-refractivity contribution in [2.75, 3.05) is 0 Å². The first-order valence-electron chi connectivity index (χ1n) is 6.84. The third-order valence-electron chi connectivity index (χ3n) is 3.36. The molecule has 1 heterocycles. The molecule has 0 aliphatic carbocycles. The number of aromatic nitrogens is 1. The van der Waals surface area contributed by atoms with E-state index < -0.39 is 11.7 Å². The minimum atomic E-state index is -4.44. The molecule has 0 spiro atoms. The van der Waals surface area contributed by atoms with E-state index in [9.17, 15) is 13.2 Å². The first-order chi connectivity index (χ1) is 10.9. The first-order valence-corrected chi connectivity index (χ1v) is 7.22. The van der Waals surface area contributed by atoms with E-state index in [1.807, 2.05) is 0 Å². The third kappa shape index (κ3) is 3.54. The van der Waals surface area contributed by atoms with Crippen LogP contribution in [0.3, 0.4) is 0 Å². The number of benzene rings is 2. The molecule has 0 N–H and O–H groups in total. The molecule has 0 amide bonds. The molecule has 3 aromatic rings. The van der Waals surface area contributed by atoms with Crippen molar-refractivity contribution in [1.82, 2.24) is 4.98 Å². The Morgan fingerprint density at radius 3 is 1.78 bits per heavy atom. The van der Waals surface area contributed by atoms with Crippen LogP contribution < -0.4 is 0 Å². The molecule has 116 valence electrons. The lowest BCUT2D eigenvalue weighted by Gasteiger charge is -2.12. The summed E-state index contributed by atoms with van der Waals surface area (Å²) in [6.45, 7) is 0. The van der Waals surface area contributed by atoms with Crippen LogP contribution in [0.2, 0.25) is 5.02 Å². The summed E-state index contributed by atoms with van der Waals surface area (Å²) in [4.78, 5) is 4.37. The highest BCUT2D eigenvalue weighted by molar-refractivity contribution is 6.30. The molecule has 1 nitrogen and oxygen atoms in total. The topological polar surface area (TPSA) is 12.9 Å². The van der Waals surface area contributed by atoms with E-state index in [0.717, 1.165) is 12.1 Å². The molecule has 0 aliphatic rings. The molecule has 0 fully saturated rings. The zero-order valence-corrected chi connectivity index (χ0v) is 12.6. The lowest BCUT2D eigenvalue weighted by atomic mass is 10.0. The van der Waals surface area contributed by atoms with Gasteiger partial charge in [-0.2, -0.15) is 13.2 Å². The minimum absolute atomic E-state index is 0.260. The van der Waals surface area contributed by atoms with E-state index >= 15 is 0 Å². The van der Waals surface area contributed by atoms with E-state index in [0.29, 0.717) is 16.1 Å². The molecule has 0 saturated heterocycles. The number of hydrogen-bond acceptors (Lipinski definition) is 1. The van der Waals surface area contributed by atoms with Gasteiger partial charge in [0.15, 0.2) is 0 Å². The number of rotatable bonds is 2. The van der Waals surface area contributed by atoms with Crippen molar-refractivity contribution in [3.05, 3.63) is 77.3 Å². The average Bonchev–Trinajstić information content (AvgIpc) is 2.55. The van der Waals surface area contributed by atoms with Crippen LogP contribution in [0.5, 0.6) is 0 Å². The van der Waals surface area contributed by atoms with Crippen molar-refractivity contribution in [3.63, 3.8) is 0 Å². The smallest absolute Gasteiger partial charge is 0.248 e. The van der Waals surface area contributed by atoms with Crippen LogP contribution in [0.1, 0.15) is 5.56 Å². The third-order valence-corrected chi connectivity index (χ3v) is 3.61. The highest BCUT2D eigenvalue weighted by Crippen LogP contribution is 2.34. The maximum Gasteiger partial charge on any atom is 0.416 e. The molecular formula is C18H11ClF3N. The monoisotopic (exact) mass is 333 g/mol. The van der Waals surface area contributed by atoms with E-state index in [1.54, 1.807) is 54.6 Å². The molecule has 0 aliphatic heterocycles. The van der Waals surface area contributed by atoms with Crippen LogP contribution in [0, 0.1) is 0 Å². The number of alkyl halides is 3. The lowest BCUT2D eigenvalue weighted by molar-refractivity contribution is -0.137. The molecule has 3 rings (SSSR count). The van der Waals surface area contributed by atoms with Gasteiger partial charge in [-0.25, -0.2) is 4.98 Å².